The minimum atomic E-state index is 0.0931. The topological polar surface area (TPSA) is 17.1 Å². The molecule has 0 bridgehead atoms. The smallest absolute Gasteiger partial charge is 0.186 e. The Morgan fingerprint density at radius 2 is 1.55 bits per heavy atom. The van der Waals surface area contributed by atoms with Gasteiger partial charge in [0.25, 0.3) is 0 Å². The first-order valence-electron chi connectivity index (χ1n) is 6.67. The molecular weight excluding hydrogens is 244 g/mol. The van der Waals surface area contributed by atoms with Gasteiger partial charge < -0.3 is 0 Å². The molecule has 1 aliphatic carbocycles. The Kier molecular flexibility index (Phi) is 2.33. The van der Waals surface area contributed by atoms with Crippen molar-refractivity contribution >= 4 is 22.6 Å². The summed E-state index contributed by atoms with van der Waals surface area (Å²) in [5, 5.41) is 2.19. The largest absolute Gasteiger partial charge is 0.289 e. The van der Waals surface area contributed by atoms with Gasteiger partial charge in [-0.25, -0.2) is 0 Å². The molecule has 0 saturated heterocycles. The molecule has 0 spiro atoms. The van der Waals surface area contributed by atoms with Crippen molar-refractivity contribution in [2.75, 3.05) is 0 Å². The quantitative estimate of drug-likeness (QED) is 0.616. The first-order chi connectivity index (χ1) is 9.83. The van der Waals surface area contributed by atoms with Crippen LogP contribution in [-0.2, 0) is 0 Å². The van der Waals surface area contributed by atoms with E-state index in [1.165, 1.54) is 11.1 Å². The van der Waals surface area contributed by atoms with E-state index in [9.17, 15) is 4.79 Å². The summed E-state index contributed by atoms with van der Waals surface area (Å²) in [6.07, 6.45) is 3.58. The standard InChI is InChI=1S/C19H12O/c20-18-10-9-15-12-16(13-5-2-1-3-6-13)11-14-7-4-8-17(18)19(14)15/h1-12H. The van der Waals surface area contributed by atoms with Crippen molar-refractivity contribution in [3.63, 3.8) is 0 Å². The second kappa shape index (κ2) is 4.17. The van der Waals surface area contributed by atoms with Gasteiger partial charge in [-0.2, -0.15) is 0 Å². The van der Waals surface area contributed by atoms with E-state index in [1.807, 2.05) is 36.4 Å². The second-order valence-corrected chi connectivity index (χ2v) is 5.03. The molecule has 1 nitrogen and oxygen atoms in total. The number of allylic oxidation sites excluding steroid dienone is 1. The predicted octanol–water partition coefficient (Wildman–Crippen LogP) is 4.72. The molecule has 0 atom stereocenters. The molecule has 94 valence electrons. The summed E-state index contributed by atoms with van der Waals surface area (Å²) in [6, 6.07) is 20.6. The van der Waals surface area contributed by atoms with E-state index in [0.29, 0.717) is 0 Å². The third kappa shape index (κ3) is 1.60. The Bertz CT molecular complexity index is 858. The number of carbonyl (C=O) groups excluding carboxylic acids is 1. The highest BCUT2D eigenvalue weighted by molar-refractivity contribution is 6.20. The van der Waals surface area contributed by atoms with Crippen LogP contribution in [0.2, 0.25) is 0 Å². The van der Waals surface area contributed by atoms with E-state index in [2.05, 4.69) is 30.3 Å². The minimum Gasteiger partial charge on any atom is -0.289 e. The molecule has 1 heteroatoms. The molecule has 0 unspecified atom stereocenters. The fraction of sp³-hybridized carbons (Fsp3) is 0. The Balaban J connectivity index is 2.06. The van der Waals surface area contributed by atoms with Gasteiger partial charge in [0.1, 0.15) is 0 Å². The molecule has 20 heavy (non-hydrogen) atoms. The molecule has 1 aliphatic rings. The summed E-state index contributed by atoms with van der Waals surface area (Å²) in [4.78, 5) is 11.9. The van der Waals surface area contributed by atoms with Crippen LogP contribution >= 0.6 is 0 Å². The Hall–Kier alpha value is -2.67. The lowest BCUT2D eigenvalue weighted by Gasteiger charge is -2.14. The first-order valence-corrected chi connectivity index (χ1v) is 6.67. The van der Waals surface area contributed by atoms with Gasteiger partial charge in [-0.1, -0.05) is 54.6 Å². The molecule has 0 amide bonds. The van der Waals surface area contributed by atoms with Crippen LogP contribution in [0.5, 0.6) is 0 Å². The number of ketones is 1. The summed E-state index contributed by atoms with van der Waals surface area (Å²) in [5.41, 5.74) is 4.31. The fourth-order valence-electron chi connectivity index (χ4n) is 2.85. The Morgan fingerprint density at radius 1 is 0.700 bits per heavy atom. The van der Waals surface area contributed by atoms with Gasteiger partial charge in [-0.05, 0) is 40.3 Å². The summed E-state index contributed by atoms with van der Waals surface area (Å²) >= 11 is 0. The van der Waals surface area contributed by atoms with Gasteiger partial charge in [-0.3, -0.25) is 4.79 Å². The molecule has 3 aromatic rings. The lowest BCUT2D eigenvalue weighted by atomic mass is 9.89. The Labute approximate surface area is 117 Å². The summed E-state index contributed by atoms with van der Waals surface area (Å²) in [5.74, 6) is 0.0931. The zero-order chi connectivity index (χ0) is 13.5. The van der Waals surface area contributed by atoms with Crippen LogP contribution in [0.15, 0.2) is 66.7 Å². The maximum absolute atomic E-state index is 11.9. The molecule has 0 aliphatic heterocycles. The van der Waals surface area contributed by atoms with Crippen LogP contribution < -0.4 is 0 Å². The minimum absolute atomic E-state index is 0.0931. The predicted molar refractivity (Wildman–Crippen MR) is 82.7 cm³/mol. The zero-order valence-electron chi connectivity index (χ0n) is 10.8. The molecule has 0 N–H and O–H groups in total. The van der Waals surface area contributed by atoms with E-state index < -0.39 is 0 Å². The lowest BCUT2D eigenvalue weighted by molar-refractivity contribution is 0.104. The lowest BCUT2D eigenvalue weighted by Crippen LogP contribution is -2.01. The molecular formula is C19H12O. The average molecular weight is 256 g/mol. The third-order valence-corrected chi connectivity index (χ3v) is 3.79. The van der Waals surface area contributed by atoms with Crippen molar-refractivity contribution in [2.45, 2.75) is 0 Å². The maximum Gasteiger partial charge on any atom is 0.186 e. The number of hydrogen-bond donors (Lipinski definition) is 0. The van der Waals surface area contributed by atoms with Crippen LogP contribution in [0.3, 0.4) is 0 Å². The van der Waals surface area contributed by atoms with E-state index in [-0.39, 0.29) is 5.78 Å². The molecule has 0 heterocycles. The summed E-state index contributed by atoms with van der Waals surface area (Å²) in [6.45, 7) is 0. The van der Waals surface area contributed by atoms with E-state index in [4.69, 9.17) is 0 Å². The highest BCUT2D eigenvalue weighted by Crippen LogP contribution is 2.33. The Morgan fingerprint density at radius 3 is 2.40 bits per heavy atom. The van der Waals surface area contributed by atoms with Crippen LogP contribution in [0, 0.1) is 0 Å². The number of rotatable bonds is 1. The van der Waals surface area contributed by atoms with Gasteiger partial charge in [0, 0.05) is 10.9 Å². The van der Waals surface area contributed by atoms with Crippen molar-refractivity contribution in [1.82, 2.24) is 0 Å². The molecule has 4 rings (SSSR count). The number of hydrogen-bond acceptors (Lipinski definition) is 1. The second-order valence-electron chi connectivity index (χ2n) is 5.03. The monoisotopic (exact) mass is 256 g/mol. The van der Waals surface area contributed by atoms with Gasteiger partial charge in [0.05, 0.1) is 0 Å². The average Bonchev–Trinajstić information content (AvgIpc) is 2.51. The van der Waals surface area contributed by atoms with Crippen molar-refractivity contribution in [1.29, 1.82) is 0 Å². The number of carbonyl (C=O) groups is 1. The van der Waals surface area contributed by atoms with E-state index in [1.54, 1.807) is 6.08 Å². The summed E-state index contributed by atoms with van der Waals surface area (Å²) in [7, 11) is 0. The van der Waals surface area contributed by atoms with Crippen LogP contribution in [0.4, 0.5) is 0 Å². The van der Waals surface area contributed by atoms with Gasteiger partial charge >= 0.3 is 0 Å². The van der Waals surface area contributed by atoms with E-state index in [0.717, 1.165) is 21.9 Å². The van der Waals surface area contributed by atoms with Crippen molar-refractivity contribution in [2.24, 2.45) is 0 Å². The van der Waals surface area contributed by atoms with Crippen LogP contribution in [0.1, 0.15) is 15.9 Å². The third-order valence-electron chi connectivity index (χ3n) is 3.79. The zero-order valence-corrected chi connectivity index (χ0v) is 10.8. The van der Waals surface area contributed by atoms with Gasteiger partial charge in [0.2, 0.25) is 0 Å². The van der Waals surface area contributed by atoms with Crippen molar-refractivity contribution in [3.05, 3.63) is 77.9 Å². The highest BCUT2D eigenvalue weighted by Gasteiger charge is 2.15. The van der Waals surface area contributed by atoms with Crippen LogP contribution in [0.25, 0.3) is 28.0 Å². The molecule has 0 aromatic heterocycles. The maximum atomic E-state index is 11.9. The fourth-order valence-corrected chi connectivity index (χ4v) is 2.85. The molecule has 0 saturated carbocycles. The SMILES string of the molecule is O=C1C=Cc2cc(-c3ccccc3)cc3cccc1c23. The molecule has 3 aromatic carbocycles. The van der Waals surface area contributed by atoms with Gasteiger partial charge in [-0.15, -0.1) is 0 Å². The molecule has 0 radical (unpaired) electrons. The van der Waals surface area contributed by atoms with Crippen LogP contribution in [-0.4, -0.2) is 5.78 Å². The van der Waals surface area contributed by atoms with Crippen molar-refractivity contribution < 1.29 is 4.79 Å². The van der Waals surface area contributed by atoms with E-state index >= 15 is 0 Å². The van der Waals surface area contributed by atoms with Gasteiger partial charge in [0.15, 0.2) is 5.78 Å². The highest BCUT2D eigenvalue weighted by atomic mass is 16.1. The first kappa shape index (κ1) is 11.2. The summed E-state index contributed by atoms with van der Waals surface area (Å²) < 4.78 is 0. The number of benzene rings is 3. The normalized spacial score (nSPS) is 12.9. The molecule has 0 fully saturated rings. The van der Waals surface area contributed by atoms with Crippen molar-refractivity contribution in [3.8, 4) is 11.1 Å².